The highest BCUT2D eigenvalue weighted by molar-refractivity contribution is 14.1. The van der Waals surface area contributed by atoms with Gasteiger partial charge in [0.05, 0.1) is 0 Å². The van der Waals surface area contributed by atoms with E-state index in [2.05, 4.69) is 43.4 Å². The van der Waals surface area contributed by atoms with E-state index in [1.807, 2.05) is 12.1 Å². The van der Waals surface area contributed by atoms with Crippen LogP contribution in [-0.2, 0) is 0 Å². The van der Waals surface area contributed by atoms with Crippen LogP contribution in [-0.4, -0.2) is 29.3 Å². The number of aromatic nitrogens is 2. The van der Waals surface area contributed by atoms with E-state index in [1.54, 1.807) is 0 Å². The van der Waals surface area contributed by atoms with Gasteiger partial charge in [-0.25, -0.2) is 0 Å². The zero-order chi connectivity index (χ0) is 9.54. The Morgan fingerprint density at radius 3 is 2.71 bits per heavy atom. The van der Waals surface area contributed by atoms with Crippen LogP contribution in [0.1, 0.15) is 0 Å². The van der Waals surface area contributed by atoms with Crippen molar-refractivity contribution in [1.29, 1.82) is 0 Å². The van der Waals surface area contributed by atoms with Gasteiger partial charge in [0.25, 0.3) is 0 Å². The Kier molecular flexibility index (Phi) is 2.09. The summed E-state index contributed by atoms with van der Waals surface area (Å²) in [6.07, 6.45) is 0. The van der Waals surface area contributed by atoms with Crippen LogP contribution < -0.4 is 10.6 Å². The molecule has 1 saturated carbocycles. The number of anilines is 1. The molecule has 1 aromatic heterocycles. The van der Waals surface area contributed by atoms with E-state index in [0.717, 1.165) is 34.4 Å². The zero-order valence-corrected chi connectivity index (χ0v) is 9.73. The lowest BCUT2D eigenvalue weighted by Gasteiger charge is -2.06. The Bertz CT molecular complexity index is 329. The van der Waals surface area contributed by atoms with E-state index in [0.29, 0.717) is 6.04 Å². The average Bonchev–Trinajstić information content (AvgIpc) is 2.63. The maximum atomic E-state index is 4.10. The number of rotatable bonds is 2. The lowest BCUT2D eigenvalue weighted by Crippen LogP contribution is -2.21. The van der Waals surface area contributed by atoms with Crippen molar-refractivity contribution in [2.24, 2.45) is 11.8 Å². The van der Waals surface area contributed by atoms with Crippen LogP contribution in [0.2, 0.25) is 0 Å². The summed E-state index contributed by atoms with van der Waals surface area (Å²) in [6.45, 7) is 2.31. The van der Waals surface area contributed by atoms with Gasteiger partial charge in [0.1, 0.15) is 9.52 Å². The summed E-state index contributed by atoms with van der Waals surface area (Å²) in [6, 6.07) is 4.60. The van der Waals surface area contributed by atoms with Gasteiger partial charge in [-0.1, -0.05) is 0 Å². The van der Waals surface area contributed by atoms with Crippen LogP contribution in [0.5, 0.6) is 0 Å². The molecule has 4 nitrogen and oxygen atoms in total. The van der Waals surface area contributed by atoms with Gasteiger partial charge in [-0.05, 0) is 46.6 Å². The molecule has 2 N–H and O–H groups in total. The molecule has 3 atom stereocenters. The fraction of sp³-hybridized carbons (Fsp3) is 0.556. The lowest BCUT2D eigenvalue weighted by atomic mass is 10.4. The molecule has 1 aliphatic heterocycles. The molecule has 1 aliphatic carbocycles. The first-order valence-corrected chi connectivity index (χ1v) is 5.89. The molecular weight excluding hydrogens is 291 g/mol. The van der Waals surface area contributed by atoms with E-state index in [4.69, 9.17) is 0 Å². The third kappa shape index (κ3) is 1.48. The Morgan fingerprint density at radius 2 is 2.07 bits per heavy atom. The molecule has 2 fully saturated rings. The maximum absolute atomic E-state index is 4.10. The lowest BCUT2D eigenvalue weighted by molar-refractivity contribution is 0.694. The highest BCUT2D eigenvalue weighted by atomic mass is 127. The van der Waals surface area contributed by atoms with Gasteiger partial charge in [0, 0.05) is 19.1 Å². The molecule has 74 valence electrons. The SMILES string of the molecule is Ic1ccc(N[C@H]2[C@@H]3CNC[C@@H]32)nn1. The normalized spacial score (nSPS) is 33.9. The van der Waals surface area contributed by atoms with E-state index in [9.17, 15) is 0 Å². The predicted molar refractivity (Wildman–Crippen MR) is 62.0 cm³/mol. The van der Waals surface area contributed by atoms with Crippen LogP contribution in [0.4, 0.5) is 5.82 Å². The number of nitrogens with one attached hydrogen (secondary N) is 2. The van der Waals surface area contributed by atoms with Crippen LogP contribution >= 0.6 is 22.6 Å². The third-order valence-corrected chi connectivity index (χ3v) is 3.61. The van der Waals surface area contributed by atoms with E-state index in [1.165, 1.54) is 0 Å². The molecule has 0 aromatic carbocycles. The van der Waals surface area contributed by atoms with Crippen molar-refractivity contribution in [2.75, 3.05) is 18.4 Å². The van der Waals surface area contributed by atoms with Crippen molar-refractivity contribution >= 4 is 28.4 Å². The van der Waals surface area contributed by atoms with Gasteiger partial charge >= 0.3 is 0 Å². The van der Waals surface area contributed by atoms with Gasteiger partial charge in [-0.3, -0.25) is 0 Å². The molecule has 3 rings (SSSR count). The second kappa shape index (κ2) is 3.30. The van der Waals surface area contributed by atoms with Gasteiger partial charge in [0.2, 0.25) is 0 Å². The topological polar surface area (TPSA) is 49.8 Å². The van der Waals surface area contributed by atoms with E-state index in [-0.39, 0.29) is 0 Å². The Labute approximate surface area is 96.0 Å². The Morgan fingerprint density at radius 1 is 1.29 bits per heavy atom. The molecule has 0 unspecified atom stereocenters. The molecule has 2 heterocycles. The molecule has 1 saturated heterocycles. The predicted octanol–water partition coefficient (Wildman–Crippen LogP) is 0.711. The van der Waals surface area contributed by atoms with Crippen molar-refractivity contribution in [2.45, 2.75) is 6.04 Å². The number of nitrogens with zero attached hydrogens (tertiary/aromatic N) is 2. The molecule has 5 heteroatoms. The van der Waals surface area contributed by atoms with Gasteiger partial charge in [-0.15, -0.1) is 10.2 Å². The van der Waals surface area contributed by atoms with E-state index >= 15 is 0 Å². The van der Waals surface area contributed by atoms with Crippen molar-refractivity contribution in [1.82, 2.24) is 15.5 Å². The molecule has 0 radical (unpaired) electrons. The number of piperidine rings is 1. The maximum Gasteiger partial charge on any atom is 0.148 e. The minimum atomic E-state index is 0.630. The molecule has 0 amide bonds. The van der Waals surface area contributed by atoms with Gasteiger partial charge < -0.3 is 10.6 Å². The Hall–Kier alpha value is -0.430. The van der Waals surface area contributed by atoms with Crippen molar-refractivity contribution in [3.05, 3.63) is 15.8 Å². The Balaban J connectivity index is 1.65. The summed E-state index contributed by atoms with van der Waals surface area (Å²) in [4.78, 5) is 0. The fourth-order valence-electron chi connectivity index (χ4n) is 2.20. The van der Waals surface area contributed by atoms with Crippen molar-refractivity contribution < 1.29 is 0 Å². The number of halogens is 1. The highest BCUT2D eigenvalue weighted by Gasteiger charge is 2.53. The third-order valence-electron chi connectivity index (χ3n) is 3.04. The average molecular weight is 302 g/mol. The summed E-state index contributed by atoms with van der Waals surface area (Å²) < 4.78 is 0.936. The molecular formula is C9H11IN4. The number of hydrogen-bond acceptors (Lipinski definition) is 4. The van der Waals surface area contributed by atoms with E-state index < -0.39 is 0 Å². The summed E-state index contributed by atoms with van der Waals surface area (Å²) in [5.74, 6) is 2.54. The largest absolute Gasteiger partial charge is 0.365 e. The zero-order valence-electron chi connectivity index (χ0n) is 7.57. The second-order valence-electron chi connectivity index (χ2n) is 3.90. The van der Waals surface area contributed by atoms with Crippen molar-refractivity contribution in [3.8, 4) is 0 Å². The molecule has 0 spiro atoms. The first-order valence-electron chi connectivity index (χ1n) is 4.81. The molecule has 0 bridgehead atoms. The van der Waals surface area contributed by atoms with Gasteiger partial charge in [-0.2, -0.15) is 0 Å². The first kappa shape index (κ1) is 8.84. The van der Waals surface area contributed by atoms with Crippen LogP contribution in [0.15, 0.2) is 12.1 Å². The van der Waals surface area contributed by atoms with Crippen LogP contribution in [0.25, 0.3) is 0 Å². The molecule has 2 aliphatic rings. The molecule has 14 heavy (non-hydrogen) atoms. The number of fused-ring (bicyclic) bond motifs is 1. The van der Waals surface area contributed by atoms with Gasteiger partial charge in [0.15, 0.2) is 0 Å². The highest BCUT2D eigenvalue weighted by Crippen LogP contribution is 2.43. The molecule has 1 aromatic rings. The fourth-order valence-corrected chi connectivity index (χ4v) is 2.48. The number of hydrogen-bond donors (Lipinski definition) is 2. The summed E-state index contributed by atoms with van der Waals surface area (Å²) in [5.41, 5.74) is 0. The minimum absolute atomic E-state index is 0.630. The summed E-state index contributed by atoms with van der Waals surface area (Å²) >= 11 is 2.16. The standard InChI is InChI=1S/C9H11IN4/c10-7-1-2-8(14-13-7)12-9-5-3-11-4-6(5)9/h1-2,5-6,9,11H,3-4H2,(H,12,14)/t5-,6+,9+. The smallest absolute Gasteiger partial charge is 0.148 e. The van der Waals surface area contributed by atoms with Crippen LogP contribution in [0.3, 0.4) is 0 Å². The summed E-state index contributed by atoms with van der Waals surface area (Å²) in [7, 11) is 0. The van der Waals surface area contributed by atoms with Crippen molar-refractivity contribution in [3.63, 3.8) is 0 Å². The van der Waals surface area contributed by atoms with Crippen LogP contribution in [0, 0.1) is 15.5 Å². The first-order chi connectivity index (χ1) is 6.84. The monoisotopic (exact) mass is 302 g/mol. The minimum Gasteiger partial charge on any atom is -0.365 e. The summed E-state index contributed by atoms with van der Waals surface area (Å²) in [5, 5.41) is 14.9. The second-order valence-corrected chi connectivity index (χ2v) is 5.00. The quantitative estimate of drug-likeness (QED) is 0.790.